The Labute approximate surface area is 288 Å². The fourth-order valence-corrected chi connectivity index (χ4v) is 6.37. The molecule has 0 amide bonds. The number of esters is 1. The van der Waals surface area contributed by atoms with E-state index in [1.54, 1.807) is 44.6 Å². The van der Waals surface area contributed by atoms with Gasteiger partial charge in [0.25, 0.3) is 5.56 Å². The Morgan fingerprint density at radius 3 is 1.92 bits per heavy atom. The van der Waals surface area contributed by atoms with E-state index in [1.165, 1.54) is 12.3 Å². The SMILES string of the molecule is COc1ccc(C(OCC[C@H]2O[C@@H](n3ccc(=O)[nH]c3=O)[C@H](O)[C@@H]2COC(=O)c2ccccc2)(c2ccccc2)c2ccc(OC)cc2)cc1. The van der Waals surface area contributed by atoms with Crippen molar-refractivity contribution in [1.29, 1.82) is 0 Å². The number of hydrogen-bond donors (Lipinski definition) is 2. The van der Waals surface area contributed by atoms with E-state index < -0.39 is 47.2 Å². The second-order valence-electron chi connectivity index (χ2n) is 11.8. The van der Waals surface area contributed by atoms with E-state index in [-0.39, 0.29) is 19.6 Å². The number of aliphatic hydroxyl groups excluding tert-OH is 1. The van der Waals surface area contributed by atoms with E-state index in [0.717, 1.165) is 21.3 Å². The van der Waals surface area contributed by atoms with Crippen molar-refractivity contribution in [3.63, 3.8) is 0 Å². The maximum atomic E-state index is 12.9. The molecule has 0 radical (unpaired) electrons. The van der Waals surface area contributed by atoms with Gasteiger partial charge in [0, 0.05) is 12.3 Å². The highest BCUT2D eigenvalue weighted by Gasteiger charge is 2.46. The third-order valence-electron chi connectivity index (χ3n) is 8.96. The lowest BCUT2D eigenvalue weighted by Gasteiger charge is -2.36. The molecule has 1 fully saturated rings. The first-order chi connectivity index (χ1) is 24.3. The predicted octanol–water partition coefficient (Wildman–Crippen LogP) is 4.68. The second kappa shape index (κ2) is 15.4. The van der Waals surface area contributed by atoms with Crippen molar-refractivity contribution in [2.24, 2.45) is 5.92 Å². The topological polar surface area (TPSA) is 138 Å². The lowest BCUT2D eigenvalue weighted by atomic mass is 9.80. The number of carbonyl (C=O) groups excluding carboxylic acids is 1. The van der Waals surface area contributed by atoms with Crippen LogP contribution in [-0.4, -0.2) is 60.3 Å². The smallest absolute Gasteiger partial charge is 0.338 e. The van der Waals surface area contributed by atoms with E-state index in [9.17, 15) is 19.5 Å². The molecule has 4 aromatic carbocycles. The van der Waals surface area contributed by atoms with Crippen LogP contribution in [0.3, 0.4) is 0 Å². The third-order valence-corrected chi connectivity index (χ3v) is 8.96. The summed E-state index contributed by atoms with van der Waals surface area (Å²) in [5.74, 6) is 0.0909. The summed E-state index contributed by atoms with van der Waals surface area (Å²) in [5, 5.41) is 11.5. The number of carbonyl (C=O) groups is 1. The zero-order chi connectivity index (χ0) is 35.1. The van der Waals surface area contributed by atoms with Gasteiger partial charge in [0.05, 0.1) is 45.0 Å². The van der Waals surface area contributed by atoms with Crippen LogP contribution in [0.5, 0.6) is 11.5 Å². The summed E-state index contributed by atoms with van der Waals surface area (Å²) in [6.07, 6.45) is -1.59. The summed E-state index contributed by atoms with van der Waals surface area (Å²) < 4.78 is 31.0. The van der Waals surface area contributed by atoms with Crippen molar-refractivity contribution in [3.8, 4) is 11.5 Å². The summed E-state index contributed by atoms with van der Waals surface area (Å²) >= 11 is 0. The summed E-state index contributed by atoms with van der Waals surface area (Å²) in [5.41, 5.74) is 0.504. The zero-order valence-electron chi connectivity index (χ0n) is 27.6. The largest absolute Gasteiger partial charge is 0.497 e. The molecule has 1 aliphatic rings. The number of aromatic amines is 1. The second-order valence-corrected chi connectivity index (χ2v) is 11.8. The molecule has 11 nitrogen and oxygen atoms in total. The quantitative estimate of drug-likeness (QED) is 0.134. The van der Waals surface area contributed by atoms with E-state index >= 15 is 0 Å². The molecule has 2 N–H and O–H groups in total. The average molecular weight is 679 g/mol. The lowest BCUT2D eigenvalue weighted by Crippen LogP contribution is -2.37. The maximum absolute atomic E-state index is 12.9. The minimum absolute atomic E-state index is 0.126. The average Bonchev–Trinajstić information content (AvgIpc) is 3.47. The maximum Gasteiger partial charge on any atom is 0.338 e. The van der Waals surface area contributed by atoms with Crippen LogP contribution in [0.15, 0.2) is 131 Å². The molecule has 0 aliphatic carbocycles. The van der Waals surface area contributed by atoms with Gasteiger partial charge in [-0.1, -0.05) is 72.8 Å². The van der Waals surface area contributed by atoms with Crippen molar-refractivity contribution in [3.05, 3.63) is 165 Å². The first-order valence-corrected chi connectivity index (χ1v) is 16.2. The number of H-pyrrole nitrogens is 1. The standard InChI is InChI=1S/C39H38N2O9/c1-46-30-17-13-28(14-18-30)39(27-11-7-4-8-12-27,29-15-19-31(47-2)20-16-29)49-24-22-33-32(25-48-37(44)26-9-5-3-6-10-26)35(43)36(50-33)41-23-21-34(42)40-38(41)45/h3-21,23,32-33,35-36,43H,22,24-25H2,1-2H3,(H,40,42,45)/t32-,33-,35-,36-/m1/s1. The Kier molecular flexibility index (Phi) is 10.6. The van der Waals surface area contributed by atoms with Gasteiger partial charge in [0.2, 0.25) is 0 Å². The molecule has 1 aliphatic heterocycles. The zero-order valence-corrected chi connectivity index (χ0v) is 27.6. The molecule has 50 heavy (non-hydrogen) atoms. The third kappa shape index (κ3) is 7.11. The van der Waals surface area contributed by atoms with Crippen LogP contribution in [0, 0.1) is 5.92 Å². The van der Waals surface area contributed by atoms with Crippen LogP contribution < -0.4 is 20.7 Å². The number of benzene rings is 4. The predicted molar refractivity (Wildman–Crippen MR) is 184 cm³/mol. The monoisotopic (exact) mass is 678 g/mol. The first kappa shape index (κ1) is 34.4. The number of methoxy groups -OCH3 is 2. The van der Waals surface area contributed by atoms with E-state index in [0.29, 0.717) is 17.1 Å². The first-order valence-electron chi connectivity index (χ1n) is 16.2. The Hall–Kier alpha value is -5.49. The van der Waals surface area contributed by atoms with E-state index in [1.807, 2.05) is 78.9 Å². The molecule has 5 aromatic rings. The van der Waals surface area contributed by atoms with E-state index in [4.69, 9.17) is 23.7 Å². The molecule has 11 heteroatoms. The number of aliphatic hydroxyl groups is 1. The molecule has 0 unspecified atom stereocenters. The molecule has 0 saturated carbocycles. The van der Waals surface area contributed by atoms with Crippen LogP contribution in [0.4, 0.5) is 0 Å². The van der Waals surface area contributed by atoms with Crippen molar-refractivity contribution >= 4 is 5.97 Å². The van der Waals surface area contributed by atoms with Crippen molar-refractivity contribution in [2.75, 3.05) is 27.4 Å². The van der Waals surface area contributed by atoms with Gasteiger partial charge in [0.15, 0.2) is 6.23 Å². The van der Waals surface area contributed by atoms with E-state index in [2.05, 4.69) is 4.98 Å². The normalized spacial score (nSPS) is 18.8. The van der Waals surface area contributed by atoms with Gasteiger partial charge in [-0.2, -0.15) is 0 Å². The lowest BCUT2D eigenvalue weighted by molar-refractivity contribution is -0.0589. The molecular weight excluding hydrogens is 640 g/mol. The van der Waals surface area contributed by atoms with Gasteiger partial charge >= 0.3 is 11.7 Å². The molecule has 0 spiro atoms. The molecule has 1 aromatic heterocycles. The minimum atomic E-state index is -1.26. The van der Waals surface area contributed by atoms with Crippen LogP contribution in [0.25, 0.3) is 0 Å². The van der Waals surface area contributed by atoms with Gasteiger partial charge in [0.1, 0.15) is 23.2 Å². The number of nitrogens with one attached hydrogen (secondary N) is 1. The number of aromatic nitrogens is 2. The number of ether oxygens (including phenoxy) is 5. The van der Waals surface area contributed by atoms with Crippen molar-refractivity contribution in [1.82, 2.24) is 9.55 Å². The molecule has 258 valence electrons. The Morgan fingerprint density at radius 1 is 0.800 bits per heavy atom. The highest BCUT2D eigenvalue weighted by Crippen LogP contribution is 2.43. The van der Waals surface area contributed by atoms with Gasteiger partial charge in [-0.25, -0.2) is 9.59 Å². The Bertz CT molecular complexity index is 1930. The number of nitrogens with zero attached hydrogens (tertiary/aromatic N) is 1. The summed E-state index contributed by atoms with van der Waals surface area (Å²) in [7, 11) is 3.22. The van der Waals surface area contributed by atoms with Gasteiger partial charge in [-0.05, 0) is 59.5 Å². The Balaban J connectivity index is 1.33. The molecule has 6 rings (SSSR count). The summed E-state index contributed by atoms with van der Waals surface area (Å²) in [6, 6.07) is 34.8. The molecule has 4 atom stereocenters. The molecule has 2 heterocycles. The summed E-state index contributed by atoms with van der Waals surface area (Å²) in [4.78, 5) is 39.6. The van der Waals surface area contributed by atoms with Gasteiger partial charge < -0.3 is 28.8 Å². The minimum Gasteiger partial charge on any atom is -0.497 e. The molecule has 0 bridgehead atoms. The fraction of sp³-hybridized carbons (Fsp3) is 0.256. The number of rotatable bonds is 13. The summed E-state index contributed by atoms with van der Waals surface area (Å²) in [6.45, 7) is -0.0599. The van der Waals surface area contributed by atoms with Crippen LogP contribution in [0.2, 0.25) is 0 Å². The Morgan fingerprint density at radius 2 is 1.36 bits per heavy atom. The van der Waals surface area contributed by atoms with Gasteiger partial charge in [-0.3, -0.25) is 14.3 Å². The molecular formula is C39H38N2O9. The van der Waals surface area contributed by atoms with Crippen LogP contribution >= 0.6 is 0 Å². The fourth-order valence-electron chi connectivity index (χ4n) is 6.37. The highest BCUT2D eigenvalue weighted by molar-refractivity contribution is 5.89. The highest BCUT2D eigenvalue weighted by atomic mass is 16.6. The molecule has 1 saturated heterocycles. The number of hydrogen-bond acceptors (Lipinski definition) is 9. The van der Waals surface area contributed by atoms with Gasteiger partial charge in [-0.15, -0.1) is 0 Å². The van der Waals surface area contributed by atoms with Crippen LogP contribution in [-0.2, 0) is 19.8 Å². The van der Waals surface area contributed by atoms with Crippen molar-refractivity contribution < 1.29 is 33.6 Å². The van der Waals surface area contributed by atoms with Crippen LogP contribution in [0.1, 0.15) is 39.7 Å². The van der Waals surface area contributed by atoms with Crippen molar-refractivity contribution in [2.45, 2.75) is 30.5 Å².